The Morgan fingerprint density at radius 2 is 2.38 bits per heavy atom. The Balaban J connectivity index is -0.000000180. The van der Waals surface area contributed by atoms with E-state index in [9.17, 15) is 4.79 Å². The van der Waals surface area contributed by atoms with E-state index in [0.29, 0.717) is 6.42 Å². The first-order valence-corrected chi connectivity index (χ1v) is 2.49. The van der Waals surface area contributed by atoms with Gasteiger partial charge in [0.1, 0.15) is 5.38 Å². The van der Waals surface area contributed by atoms with Gasteiger partial charge in [0.15, 0.2) is 0 Å². The minimum atomic E-state index is -0.941. The van der Waals surface area contributed by atoms with E-state index in [1.165, 1.54) is 0 Å². The fraction of sp³-hybridized carbons (Fsp3) is 0.750. The first kappa shape index (κ1) is 11.5. The van der Waals surface area contributed by atoms with E-state index in [0.717, 1.165) is 0 Å². The topological polar surface area (TPSA) is 37.3 Å². The maximum Gasteiger partial charge on any atom is 1.00 e. The van der Waals surface area contributed by atoms with Crippen molar-refractivity contribution in [1.29, 1.82) is 0 Å². The van der Waals surface area contributed by atoms with E-state index in [4.69, 9.17) is 16.7 Å². The van der Waals surface area contributed by atoms with Crippen LogP contribution in [0.1, 0.15) is 14.8 Å². The van der Waals surface area contributed by atoms with E-state index in [1.807, 2.05) is 0 Å². The molecule has 1 unspecified atom stereocenters. The van der Waals surface area contributed by atoms with Crippen LogP contribution in [0.15, 0.2) is 0 Å². The van der Waals surface area contributed by atoms with Gasteiger partial charge < -0.3 is 6.53 Å². The Labute approximate surface area is 77.0 Å². The van der Waals surface area contributed by atoms with Crippen LogP contribution in [0.25, 0.3) is 0 Å². The summed E-state index contributed by atoms with van der Waals surface area (Å²) in [5.74, 6) is -0.941. The second-order valence-corrected chi connectivity index (χ2v) is 1.74. The zero-order chi connectivity index (χ0) is 5.86. The van der Waals surface area contributed by atoms with Crippen LogP contribution in [-0.2, 0) is 4.79 Å². The molecule has 0 aromatic rings. The molecule has 1 N–H and O–H groups in total. The van der Waals surface area contributed by atoms with Crippen molar-refractivity contribution in [3.63, 3.8) is 0 Å². The Morgan fingerprint density at radius 1 is 2.00 bits per heavy atom. The molecule has 0 radical (unpaired) electrons. The third kappa shape index (κ3) is 4.91. The second-order valence-electron chi connectivity index (χ2n) is 1.21. The second kappa shape index (κ2) is 5.89. The van der Waals surface area contributed by atoms with Crippen molar-refractivity contribution < 1.29 is 40.9 Å². The molecule has 0 aliphatic rings. The molecule has 1 atom stereocenters. The molecule has 0 bridgehead atoms. The summed E-state index contributed by atoms with van der Waals surface area (Å²) in [7, 11) is 0. The van der Waals surface area contributed by atoms with E-state index < -0.39 is 11.3 Å². The van der Waals surface area contributed by atoms with Crippen LogP contribution in [0.2, 0.25) is 0 Å². The van der Waals surface area contributed by atoms with Gasteiger partial charge in [0, 0.05) is 0 Å². The van der Waals surface area contributed by atoms with E-state index in [-0.39, 0.29) is 31.0 Å². The van der Waals surface area contributed by atoms with Gasteiger partial charge in [-0.25, -0.2) is 0 Å². The van der Waals surface area contributed by atoms with Crippen LogP contribution >= 0.6 is 11.6 Å². The van der Waals surface area contributed by atoms with Gasteiger partial charge in [-0.05, 0) is 6.42 Å². The standard InChI is InChI=1S/C4H7ClO2.Na.H/c1-2-3(5)4(6)7;;/h3H,2H2,1H3,(H,6,7);;/q;+1;-1. The average Bonchev–Trinajstić information content (AvgIpc) is 1.65. The Bertz CT molecular complexity index is 81.0. The van der Waals surface area contributed by atoms with Gasteiger partial charge in [-0.2, -0.15) is 0 Å². The average molecular weight is 147 g/mol. The first-order valence-electron chi connectivity index (χ1n) is 2.05. The van der Waals surface area contributed by atoms with E-state index in [1.54, 1.807) is 6.92 Å². The molecular formula is C4H8ClNaO2. The van der Waals surface area contributed by atoms with Gasteiger partial charge in [0.25, 0.3) is 0 Å². The molecule has 8 heavy (non-hydrogen) atoms. The summed E-state index contributed by atoms with van der Waals surface area (Å²) in [4.78, 5) is 9.80. The van der Waals surface area contributed by atoms with Crippen molar-refractivity contribution in [3.8, 4) is 0 Å². The summed E-state index contributed by atoms with van der Waals surface area (Å²) in [6.07, 6.45) is 0.483. The summed E-state index contributed by atoms with van der Waals surface area (Å²) in [6.45, 7) is 1.73. The Hall–Kier alpha value is 0.760. The molecule has 0 saturated heterocycles. The largest absolute Gasteiger partial charge is 1.00 e. The van der Waals surface area contributed by atoms with Gasteiger partial charge in [-0.3, -0.25) is 4.79 Å². The molecule has 0 rings (SSSR count). The number of hydrogen-bond donors (Lipinski definition) is 1. The molecule has 0 amide bonds. The monoisotopic (exact) mass is 146 g/mol. The fourth-order valence-corrected chi connectivity index (χ4v) is 0.175. The van der Waals surface area contributed by atoms with Crippen molar-refractivity contribution in [3.05, 3.63) is 0 Å². The normalized spacial score (nSPS) is 11.8. The SMILES string of the molecule is CCC(Cl)C(=O)O.[H-].[Na+]. The third-order valence-corrected chi connectivity index (χ3v) is 1.12. The summed E-state index contributed by atoms with van der Waals surface area (Å²) < 4.78 is 0. The molecule has 0 saturated carbocycles. The summed E-state index contributed by atoms with van der Waals surface area (Å²) in [6, 6.07) is 0. The van der Waals surface area contributed by atoms with Crippen LogP contribution in [0.5, 0.6) is 0 Å². The fourth-order valence-electron chi connectivity index (χ4n) is 0.175. The van der Waals surface area contributed by atoms with Gasteiger partial charge in [0.05, 0.1) is 0 Å². The quantitative estimate of drug-likeness (QED) is 0.369. The summed E-state index contributed by atoms with van der Waals surface area (Å²) >= 11 is 5.20. The van der Waals surface area contributed by atoms with Gasteiger partial charge >= 0.3 is 35.5 Å². The maximum atomic E-state index is 9.80. The van der Waals surface area contributed by atoms with Crippen LogP contribution in [0.4, 0.5) is 0 Å². The molecule has 0 spiro atoms. The molecule has 0 aromatic carbocycles. The first-order chi connectivity index (χ1) is 3.18. The Morgan fingerprint density at radius 3 is 2.38 bits per heavy atom. The third-order valence-electron chi connectivity index (χ3n) is 0.626. The predicted octanol–water partition coefficient (Wildman–Crippen LogP) is -1.80. The molecule has 0 aromatic heterocycles. The minimum Gasteiger partial charge on any atom is -1.00 e. The molecule has 0 heterocycles. The van der Waals surface area contributed by atoms with Crippen LogP contribution in [0, 0.1) is 0 Å². The number of carboxylic acids is 1. The molecule has 0 aliphatic heterocycles. The number of rotatable bonds is 2. The molecule has 0 aliphatic carbocycles. The number of hydrogen-bond acceptors (Lipinski definition) is 1. The van der Waals surface area contributed by atoms with E-state index >= 15 is 0 Å². The van der Waals surface area contributed by atoms with Gasteiger partial charge in [-0.15, -0.1) is 11.6 Å². The number of halogens is 1. The summed E-state index contributed by atoms with van der Waals surface area (Å²) in [5.41, 5.74) is 0. The zero-order valence-electron chi connectivity index (χ0n) is 6.02. The van der Waals surface area contributed by atoms with Crippen molar-refractivity contribution in [2.75, 3.05) is 0 Å². The molecule has 44 valence electrons. The van der Waals surface area contributed by atoms with Crippen molar-refractivity contribution in [2.45, 2.75) is 18.7 Å². The predicted molar refractivity (Wildman–Crippen MR) is 28.7 cm³/mol. The van der Waals surface area contributed by atoms with Crippen LogP contribution in [-0.4, -0.2) is 16.5 Å². The molecule has 2 nitrogen and oxygen atoms in total. The van der Waals surface area contributed by atoms with Crippen molar-refractivity contribution in [2.24, 2.45) is 0 Å². The smallest absolute Gasteiger partial charge is 1.00 e. The summed E-state index contributed by atoms with van der Waals surface area (Å²) in [5, 5.41) is 7.34. The van der Waals surface area contributed by atoms with Crippen molar-refractivity contribution in [1.82, 2.24) is 0 Å². The van der Waals surface area contributed by atoms with Crippen LogP contribution < -0.4 is 29.6 Å². The Kier molecular flexibility index (Phi) is 8.50. The maximum absolute atomic E-state index is 9.80. The molecular weight excluding hydrogens is 138 g/mol. The van der Waals surface area contributed by atoms with Gasteiger partial charge in [-0.1, -0.05) is 6.92 Å². The number of aliphatic carboxylic acids is 1. The van der Waals surface area contributed by atoms with Crippen molar-refractivity contribution >= 4 is 17.6 Å². The number of carboxylic acid groups (broad SMARTS) is 1. The number of alkyl halides is 1. The van der Waals surface area contributed by atoms with E-state index in [2.05, 4.69) is 0 Å². The van der Waals surface area contributed by atoms with Crippen LogP contribution in [0.3, 0.4) is 0 Å². The van der Waals surface area contributed by atoms with Gasteiger partial charge in [0.2, 0.25) is 0 Å². The zero-order valence-corrected chi connectivity index (χ0v) is 7.77. The molecule has 4 heteroatoms. The number of carbonyl (C=O) groups is 1. The minimum absolute atomic E-state index is 0. The molecule has 0 fully saturated rings.